The number of nitrogens with one attached hydrogen (secondary N) is 3. The van der Waals surface area contributed by atoms with Crippen LogP contribution in [0.15, 0.2) is 90.1 Å². The molecule has 3 aromatic heterocycles. The summed E-state index contributed by atoms with van der Waals surface area (Å²) in [6.07, 6.45) is 9.65. The van der Waals surface area contributed by atoms with E-state index >= 15 is 4.79 Å². The van der Waals surface area contributed by atoms with Gasteiger partial charge in [0.1, 0.15) is 23.0 Å². The number of hydrogen-bond donors (Lipinski definition) is 3. The molecule has 466 valence electrons. The lowest BCUT2D eigenvalue weighted by molar-refractivity contribution is -0.384. The van der Waals surface area contributed by atoms with E-state index in [-0.39, 0.29) is 59.1 Å². The van der Waals surface area contributed by atoms with E-state index in [9.17, 15) is 18.5 Å². The van der Waals surface area contributed by atoms with E-state index in [1.165, 1.54) is 17.2 Å². The Morgan fingerprint density at radius 2 is 1.70 bits per heavy atom. The van der Waals surface area contributed by atoms with Crippen molar-refractivity contribution in [2.24, 2.45) is 11.3 Å². The number of hydrogen-bond acceptors (Lipinski definition) is 19. The summed E-state index contributed by atoms with van der Waals surface area (Å²) < 4.78 is 67.9. The third-order valence-corrected chi connectivity index (χ3v) is 21.6. The van der Waals surface area contributed by atoms with E-state index in [0.717, 1.165) is 119 Å². The van der Waals surface area contributed by atoms with Gasteiger partial charge in [-0.1, -0.05) is 24.3 Å². The van der Waals surface area contributed by atoms with E-state index in [1.807, 2.05) is 50.5 Å². The highest BCUT2D eigenvalue weighted by Crippen LogP contribution is 2.54. The van der Waals surface area contributed by atoms with Crippen LogP contribution in [-0.4, -0.2) is 166 Å². The summed E-state index contributed by atoms with van der Waals surface area (Å²) in [7, 11) is -3.03. The summed E-state index contributed by atoms with van der Waals surface area (Å²) in [5.41, 5.74) is 5.51. The van der Waals surface area contributed by atoms with Crippen LogP contribution < -0.4 is 38.9 Å². The summed E-state index contributed by atoms with van der Waals surface area (Å²) in [5.74, 6) is 1.24. The number of amides is 1. The molecule has 23 heteroatoms. The topological polar surface area (TPSA) is 232 Å². The molecule has 1 saturated carbocycles. The van der Waals surface area contributed by atoms with Gasteiger partial charge in [0, 0.05) is 113 Å². The third kappa shape index (κ3) is 10.9. The van der Waals surface area contributed by atoms with Crippen LogP contribution in [-0.2, 0) is 30.8 Å². The predicted molar refractivity (Wildman–Crippen MR) is 333 cm³/mol. The van der Waals surface area contributed by atoms with Crippen molar-refractivity contribution in [1.29, 1.82) is 0 Å². The molecule has 0 bridgehead atoms. The maximum atomic E-state index is 15.1. The number of benzene rings is 3. The fourth-order valence-electron chi connectivity index (χ4n) is 15.5. The molecule has 1 amide bonds. The summed E-state index contributed by atoms with van der Waals surface area (Å²) in [5, 5.41) is 17.0. The molecule has 1 aliphatic carbocycles. The molecule has 6 aromatic rings. The van der Waals surface area contributed by atoms with Gasteiger partial charge in [-0.15, -0.1) is 0 Å². The van der Waals surface area contributed by atoms with Crippen molar-refractivity contribution in [2.75, 3.05) is 106 Å². The van der Waals surface area contributed by atoms with Crippen LogP contribution in [0.5, 0.6) is 17.4 Å². The molecule has 6 fully saturated rings. The number of pyridine rings is 2. The number of piperazine rings is 1. The highest BCUT2D eigenvalue weighted by atomic mass is 32.2. The molecule has 8 aliphatic rings. The van der Waals surface area contributed by atoms with Crippen LogP contribution in [0.2, 0.25) is 0 Å². The van der Waals surface area contributed by atoms with Crippen LogP contribution in [0.4, 0.5) is 34.3 Å². The monoisotopic (exact) mass is 1220 g/mol. The molecular weight excluding hydrogens is 1140 g/mol. The summed E-state index contributed by atoms with van der Waals surface area (Å²) >= 11 is 0. The Morgan fingerprint density at radius 1 is 0.909 bits per heavy atom. The van der Waals surface area contributed by atoms with Crippen LogP contribution in [0, 0.1) is 28.4 Å². The standard InChI is InChI=1S/C65H79N11O11S/c1-40-8-6-7-9-48(40)54-37-71(36-42-28-56(82-5)61(67-35-42)73-23-27-85-38-41(73)2)21-22-74(54)46-33-65(34-46)16-19-72(20-17-65)45-10-11-49(51(30-45)75-50-15-26-84-39-57(50)86-63-53(75)29-44-12-18-66-60(44)69-63)62(77)70-88(80,81)47-31-52(76(78)79)58-55(32-47)87-64(3,4)59(68-58)43-13-24-83-25-14-43/h6-12,18,28-32,35,41,43,46,50,54,57,59,68H,13-17,19-27,33-34,36-39H2,1-5H3,(H,66,69)(H,70,77)/t41-,50-,54-,57-,59+/m0/s1. The van der Waals surface area contributed by atoms with E-state index in [0.29, 0.717) is 68.4 Å². The summed E-state index contributed by atoms with van der Waals surface area (Å²) in [6, 6.07) is 23.1. The Balaban J connectivity index is 0.718. The number of nitro groups is 1. The summed E-state index contributed by atoms with van der Waals surface area (Å²) in [6.45, 7) is 17.3. The van der Waals surface area contributed by atoms with Gasteiger partial charge in [-0.05, 0) is 137 Å². The van der Waals surface area contributed by atoms with Crippen molar-refractivity contribution < 1.29 is 46.6 Å². The van der Waals surface area contributed by atoms with Gasteiger partial charge in [-0.3, -0.25) is 24.7 Å². The zero-order chi connectivity index (χ0) is 60.6. The highest BCUT2D eigenvalue weighted by molar-refractivity contribution is 7.90. The van der Waals surface area contributed by atoms with Gasteiger partial charge in [-0.2, -0.15) is 4.98 Å². The minimum atomic E-state index is -4.76. The van der Waals surface area contributed by atoms with E-state index in [1.54, 1.807) is 13.2 Å². The van der Waals surface area contributed by atoms with E-state index in [4.69, 9.17) is 38.4 Å². The van der Waals surface area contributed by atoms with Gasteiger partial charge >= 0.3 is 0 Å². The number of aromatic amines is 1. The first-order valence-corrected chi connectivity index (χ1v) is 32.7. The van der Waals surface area contributed by atoms with Crippen LogP contribution in [0.25, 0.3) is 11.0 Å². The largest absolute Gasteiger partial charge is 0.493 e. The number of aryl methyl sites for hydroxylation is 1. The molecule has 3 aromatic carbocycles. The second kappa shape index (κ2) is 23.3. The van der Waals surface area contributed by atoms with Gasteiger partial charge in [0.15, 0.2) is 23.0 Å². The third-order valence-electron chi connectivity index (χ3n) is 20.2. The summed E-state index contributed by atoms with van der Waals surface area (Å²) in [4.78, 5) is 51.9. The van der Waals surface area contributed by atoms with Crippen molar-refractivity contribution in [1.82, 2.24) is 29.5 Å². The first-order valence-electron chi connectivity index (χ1n) is 31.3. The molecule has 0 unspecified atom stereocenters. The molecule has 3 N–H and O–H groups in total. The van der Waals surface area contributed by atoms with Gasteiger partial charge < -0.3 is 53.4 Å². The molecule has 88 heavy (non-hydrogen) atoms. The second-order valence-electron chi connectivity index (χ2n) is 26.1. The lowest BCUT2D eigenvalue weighted by Gasteiger charge is -2.58. The van der Waals surface area contributed by atoms with Crippen molar-refractivity contribution in [3.05, 3.63) is 118 Å². The highest BCUT2D eigenvalue weighted by Gasteiger charge is 2.51. The maximum Gasteiger partial charge on any atom is 0.297 e. The average Bonchev–Trinajstić information content (AvgIpc) is 1.27. The maximum absolute atomic E-state index is 15.1. The molecule has 5 saturated heterocycles. The number of carbonyl (C=O) groups excluding carboxylic acids is 1. The fraction of sp³-hybridized carbons (Fsp3) is 0.523. The number of carbonyl (C=O) groups is 1. The smallest absolute Gasteiger partial charge is 0.297 e. The number of rotatable bonds is 13. The Hall–Kier alpha value is -7.28. The Kier molecular flexibility index (Phi) is 15.4. The molecule has 5 atom stereocenters. The lowest BCUT2D eigenvalue weighted by Crippen LogP contribution is -2.59. The zero-order valence-electron chi connectivity index (χ0n) is 50.7. The molecule has 7 aliphatic heterocycles. The van der Waals surface area contributed by atoms with Crippen molar-refractivity contribution in [3.63, 3.8) is 0 Å². The Morgan fingerprint density at radius 3 is 2.49 bits per heavy atom. The molecule has 22 nitrogen and oxygen atoms in total. The van der Waals surface area contributed by atoms with Gasteiger partial charge in [0.05, 0.1) is 66.1 Å². The van der Waals surface area contributed by atoms with Crippen molar-refractivity contribution >= 4 is 61.2 Å². The van der Waals surface area contributed by atoms with E-state index < -0.39 is 43.1 Å². The quantitative estimate of drug-likeness (QED) is 0.0723. The molecule has 0 radical (unpaired) electrons. The minimum Gasteiger partial charge on any atom is -0.493 e. The first kappa shape index (κ1) is 58.4. The number of H-pyrrole nitrogens is 1. The van der Waals surface area contributed by atoms with Crippen LogP contribution >= 0.6 is 0 Å². The molecule has 14 rings (SSSR count). The number of methoxy groups -OCH3 is 1. The number of ether oxygens (including phenoxy) is 6. The second-order valence-corrected chi connectivity index (χ2v) is 27.7. The van der Waals surface area contributed by atoms with Crippen molar-refractivity contribution in [2.45, 2.75) is 126 Å². The number of aromatic nitrogens is 3. The first-order chi connectivity index (χ1) is 42.5. The number of anilines is 5. The lowest BCUT2D eigenvalue weighted by atomic mass is 9.59. The van der Waals surface area contributed by atoms with Crippen molar-refractivity contribution in [3.8, 4) is 17.4 Å². The zero-order valence-corrected chi connectivity index (χ0v) is 51.6. The predicted octanol–water partition coefficient (Wildman–Crippen LogP) is 8.90. The Bertz CT molecular complexity index is 3750. The van der Waals surface area contributed by atoms with Crippen LogP contribution in [0.3, 0.4) is 0 Å². The number of morpholine rings is 1. The average molecular weight is 1220 g/mol. The number of piperidine rings is 1. The number of sulfonamides is 1. The molecular formula is C65H79N11O11S. The number of fused-ring (bicyclic) bond motifs is 4. The Labute approximate surface area is 513 Å². The molecule has 10 heterocycles. The molecule has 1 spiro atoms. The normalized spacial score (nSPS) is 24.9. The van der Waals surface area contributed by atoms with E-state index in [2.05, 4.69) is 83.7 Å². The van der Waals surface area contributed by atoms with Crippen LogP contribution in [0.1, 0.15) is 98.8 Å². The SMILES string of the molecule is COc1cc(CN2CCN(C3CC4(CCN(c5ccc(C(=O)NS(=O)(=O)c6cc7c(c([N+](=O)[O-])c6)N[C@H](C6CCOCC6)C(C)(C)O7)c(N6c7cc8cc[nH]c8nc7O[C@H]7COCC[C@@H]76)c5)CC4)C3)[C@H](c3ccccc3C)C2)cnc1N1CCOC[C@@H]1C. The number of nitrogens with zero attached hydrogens (tertiary/aromatic N) is 8. The van der Waals surface area contributed by atoms with Gasteiger partial charge in [0.2, 0.25) is 5.88 Å². The van der Waals surface area contributed by atoms with Gasteiger partial charge in [-0.25, -0.2) is 18.1 Å². The van der Waals surface area contributed by atoms with Gasteiger partial charge in [0.25, 0.3) is 21.6 Å². The minimum absolute atomic E-state index is 0.0115. The number of nitro benzene ring substituents is 1. The fourth-order valence-corrected chi connectivity index (χ4v) is 16.5.